The first-order valence-electron chi connectivity index (χ1n) is 4.42. The predicted octanol–water partition coefficient (Wildman–Crippen LogP) is 1.46. The third-order valence-electron chi connectivity index (χ3n) is 1.97. The summed E-state index contributed by atoms with van der Waals surface area (Å²) in [5.41, 5.74) is 0. The van der Waals surface area contributed by atoms with E-state index in [2.05, 4.69) is 16.4 Å². The van der Waals surface area contributed by atoms with Crippen LogP contribution in [0.15, 0.2) is 6.20 Å². The van der Waals surface area contributed by atoms with Crippen molar-refractivity contribution in [3.8, 4) is 6.07 Å². The average molecular weight is 193 g/mol. The topological polar surface area (TPSA) is 48.7 Å². The van der Waals surface area contributed by atoms with Gasteiger partial charge in [-0.2, -0.15) is 5.26 Å². The van der Waals surface area contributed by atoms with Crippen LogP contribution in [0, 0.1) is 11.3 Å². The molecule has 1 aliphatic carbocycles. The first kappa shape index (κ1) is 8.67. The molecule has 13 heavy (non-hydrogen) atoms. The quantitative estimate of drug-likeness (QED) is 0.787. The maximum Gasteiger partial charge on any atom is 0.107 e. The molecule has 0 saturated heterocycles. The van der Waals surface area contributed by atoms with Crippen LogP contribution in [0.5, 0.6) is 0 Å². The maximum atomic E-state index is 8.46. The van der Waals surface area contributed by atoms with Gasteiger partial charge < -0.3 is 5.32 Å². The number of thiazole rings is 1. The van der Waals surface area contributed by atoms with Gasteiger partial charge in [-0.05, 0) is 12.8 Å². The zero-order valence-corrected chi connectivity index (χ0v) is 8.10. The van der Waals surface area contributed by atoms with E-state index < -0.39 is 0 Å². The van der Waals surface area contributed by atoms with Crippen LogP contribution in [0.4, 0.5) is 0 Å². The van der Waals surface area contributed by atoms with Gasteiger partial charge in [0.25, 0.3) is 0 Å². The van der Waals surface area contributed by atoms with Crippen LogP contribution < -0.4 is 5.32 Å². The Kier molecular flexibility index (Phi) is 2.57. The summed E-state index contributed by atoms with van der Waals surface area (Å²) < 4.78 is 0. The van der Waals surface area contributed by atoms with Crippen molar-refractivity contribution in [3.05, 3.63) is 16.1 Å². The number of aromatic nitrogens is 1. The molecule has 4 heteroatoms. The van der Waals surface area contributed by atoms with Gasteiger partial charge in [-0.25, -0.2) is 4.98 Å². The lowest BCUT2D eigenvalue weighted by molar-refractivity contribution is 0.694. The van der Waals surface area contributed by atoms with Crippen LogP contribution in [0.2, 0.25) is 0 Å². The van der Waals surface area contributed by atoms with E-state index in [1.54, 1.807) is 11.3 Å². The Hall–Kier alpha value is -0.920. The van der Waals surface area contributed by atoms with Crippen molar-refractivity contribution >= 4 is 11.3 Å². The van der Waals surface area contributed by atoms with Gasteiger partial charge >= 0.3 is 0 Å². The fourth-order valence-electron chi connectivity index (χ4n) is 1.11. The van der Waals surface area contributed by atoms with Crippen LogP contribution in [-0.4, -0.2) is 11.0 Å². The van der Waals surface area contributed by atoms with Crippen molar-refractivity contribution in [1.29, 1.82) is 5.26 Å². The van der Waals surface area contributed by atoms with Gasteiger partial charge in [0.05, 0.1) is 12.5 Å². The molecule has 0 aromatic carbocycles. The molecule has 1 N–H and O–H groups in total. The van der Waals surface area contributed by atoms with E-state index in [1.807, 2.05) is 6.20 Å². The lowest BCUT2D eigenvalue weighted by Gasteiger charge is -1.96. The second-order valence-corrected chi connectivity index (χ2v) is 4.41. The molecule has 1 saturated carbocycles. The van der Waals surface area contributed by atoms with E-state index in [0.717, 1.165) is 17.6 Å². The zero-order chi connectivity index (χ0) is 9.10. The number of nitrogens with one attached hydrogen (secondary N) is 1. The summed E-state index contributed by atoms with van der Waals surface area (Å²) in [5.74, 6) is 0. The summed E-state index contributed by atoms with van der Waals surface area (Å²) >= 11 is 1.63. The van der Waals surface area contributed by atoms with Crippen molar-refractivity contribution in [2.75, 3.05) is 0 Å². The average Bonchev–Trinajstić information content (AvgIpc) is 2.85. The summed E-state index contributed by atoms with van der Waals surface area (Å²) in [7, 11) is 0. The lowest BCUT2D eigenvalue weighted by Crippen LogP contribution is -2.14. The van der Waals surface area contributed by atoms with Crippen molar-refractivity contribution in [2.24, 2.45) is 0 Å². The van der Waals surface area contributed by atoms with Crippen LogP contribution in [-0.2, 0) is 13.0 Å². The minimum absolute atomic E-state index is 0.439. The van der Waals surface area contributed by atoms with Crippen molar-refractivity contribution < 1.29 is 0 Å². The Morgan fingerprint density at radius 1 is 1.69 bits per heavy atom. The molecule has 0 bridgehead atoms. The monoisotopic (exact) mass is 193 g/mol. The van der Waals surface area contributed by atoms with Gasteiger partial charge in [0.2, 0.25) is 0 Å². The fourth-order valence-corrected chi connectivity index (χ4v) is 1.92. The molecule has 0 atom stereocenters. The number of nitrogens with zero attached hydrogens (tertiary/aromatic N) is 2. The summed E-state index contributed by atoms with van der Waals surface area (Å²) in [4.78, 5) is 5.39. The molecule has 0 aliphatic heterocycles. The van der Waals surface area contributed by atoms with Gasteiger partial charge in [-0.15, -0.1) is 11.3 Å². The molecule has 0 unspecified atom stereocenters. The van der Waals surface area contributed by atoms with E-state index in [0.29, 0.717) is 6.42 Å². The second-order valence-electron chi connectivity index (χ2n) is 3.21. The second kappa shape index (κ2) is 3.86. The smallest absolute Gasteiger partial charge is 0.107 e. The molecule has 1 fully saturated rings. The van der Waals surface area contributed by atoms with E-state index in [9.17, 15) is 0 Å². The minimum Gasteiger partial charge on any atom is -0.309 e. The minimum atomic E-state index is 0.439. The third kappa shape index (κ3) is 2.51. The molecule has 68 valence electrons. The molecule has 2 rings (SSSR count). The Balaban J connectivity index is 1.85. The number of hydrogen-bond donors (Lipinski definition) is 1. The third-order valence-corrected chi connectivity index (χ3v) is 2.97. The van der Waals surface area contributed by atoms with E-state index >= 15 is 0 Å². The number of rotatable bonds is 4. The predicted molar refractivity (Wildman–Crippen MR) is 51.3 cm³/mol. The Morgan fingerprint density at radius 3 is 3.23 bits per heavy atom. The normalized spacial score (nSPS) is 15.6. The molecular formula is C9H11N3S. The van der Waals surface area contributed by atoms with Crippen molar-refractivity contribution in [3.63, 3.8) is 0 Å². The van der Waals surface area contributed by atoms with E-state index in [4.69, 9.17) is 5.26 Å². The highest BCUT2D eigenvalue weighted by molar-refractivity contribution is 7.11. The molecular weight excluding hydrogens is 182 g/mol. The van der Waals surface area contributed by atoms with Gasteiger partial charge in [0.1, 0.15) is 5.01 Å². The van der Waals surface area contributed by atoms with Crippen LogP contribution in [0.25, 0.3) is 0 Å². The van der Waals surface area contributed by atoms with Gasteiger partial charge in [0, 0.05) is 23.7 Å². The SMILES string of the molecule is N#CCc1ncc(CNC2CC2)s1. The highest BCUT2D eigenvalue weighted by Gasteiger charge is 2.20. The molecule has 0 spiro atoms. The van der Waals surface area contributed by atoms with Crippen LogP contribution in [0.1, 0.15) is 22.7 Å². The summed E-state index contributed by atoms with van der Waals surface area (Å²) in [6, 6.07) is 2.84. The molecule has 0 amide bonds. The summed E-state index contributed by atoms with van der Waals surface area (Å²) in [6.45, 7) is 0.910. The van der Waals surface area contributed by atoms with Crippen molar-refractivity contribution in [1.82, 2.24) is 10.3 Å². The van der Waals surface area contributed by atoms with Crippen molar-refractivity contribution in [2.45, 2.75) is 31.8 Å². The van der Waals surface area contributed by atoms with Gasteiger partial charge in [-0.3, -0.25) is 0 Å². The Bertz CT molecular complexity index is 322. The first-order chi connectivity index (χ1) is 6.38. The first-order valence-corrected chi connectivity index (χ1v) is 5.24. The fraction of sp³-hybridized carbons (Fsp3) is 0.556. The molecule has 1 heterocycles. The molecule has 0 radical (unpaired) electrons. The van der Waals surface area contributed by atoms with Gasteiger partial charge in [0.15, 0.2) is 0 Å². The van der Waals surface area contributed by atoms with E-state index in [-0.39, 0.29) is 0 Å². The lowest BCUT2D eigenvalue weighted by atomic mass is 10.5. The molecule has 3 nitrogen and oxygen atoms in total. The maximum absolute atomic E-state index is 8.46. The Morgan fingerprint density at radius 2 is 2.54 bits per heavy atom. The highest BCUT2D eigenvalue weighted by Crippen LogP contribution is 2.20. The number of nitriles is 1. The Labute approximate surface area is 81.4 Å². The zero-order valence-electron chi connectivity index (χ0n) is 7.29. The largest absolute Gasteiger partial charge is 0.309 e. The van der Waals surface area contributed by atoms with Crippen LogP contribution >= 0.6 is 11.3 Å². The highest BCUT2D eigenvalue weighted by atomic mass is 32.1. The van der Waals surface area contributed by atoms with Gasteiger partial charge in [-0.1, -0.05) is 0 Å². The summed E-state index contributed by atoms with van der Waals surface area (Å²) in [5, 5.41) is 12.8. The summed E-state index contributed by atoms with van der Waals surface area (Å²) in [6.07, 6.45) is 4.93. The van der Waals surface area contributed by atoms with E-state index in [1.165, 1.54) is 17.7 Å². The van der Waals surface area contributed by atoms with Crippen LogP contribution in [0.3, 0.4) is 0 Å². The molecule has 1 aromatic rings. The number of hydrogen-bond acceptors (Lipinski definition) is 4. The molecule has 1 aliphatic rings. The molecule has 1 aromatic heterocycles. The standard InChI is InChI=1S/C9H11N3S/c10-4-3-9-12-6-8(13-9)5-11-7-1-2-7/h6-7,11H,1-3,5H2.